The van der Waals surface area contributed by atoms with E-state index in [-0.39, 0.29) is 22.8 Å². The fraction of sp³-hybridized carbons (Fsp3) is 0.192. The largest absolute Gasteiger partial charge is 0.318 e. The third kappa shape index (κ3) is 4.77. The van der Waals surface area contributed by atoms with E-state index in [0.717, 1.165) is 34.0 Å². The van der Waals surface area contributed by atoms with Crippen LogP contribution < -0.4 is 10.6 Å². The summed E-state index contributed by atoms with van der Waals surface area (Å²) < 4.78 is 17.3. The average Bonchev–Trinajstić information content (AvgIpc) is 3.35. The Morgan fingerprint density at radius 3 is 2.32 bits per heavy atom. The molecule has 2 aromatic carbocycles. The van der Waals surface area contributed by atoms with Gasteiger partial charge in [-0.2, -0.15) is 5.10 Å². The van der Waals surface area contributed by atoms with Crippen molar-refractivity contribution in [3.8, 4) is 22.6 Å². The van der Waals surface area contributed by atoms with Crippen LogP contribution >= 0.6 is 12.2 Å². The van der Waals surface area contributed by atoms with E-state index in [4.69, 9.17) is 17.3 Å². The lowest BCUT2D eigenvalue weighted by Gasteiger charge is -2.12. The predicted molar refractivity (Wildman–Crippen MR) is 137 cm³/mol. The molecule has 34 heavy (non-hydrogen) atoms. The molecule has 0 spiro atoms. The molecule has 0 radical (unpaired) electrons. The fourth-order valence-electron chi connectivity index (χ4n) is 3.78. The van der Waals surface area contributed by atoms with Crippen LogP contribution in [0.5, 0.6) is 0 Å². The number of benzene rings is 2. The Kier molecular flexibility index (Phi) is 6.61. The molecule has 0 aliphatic rings. The first-order valence-electron chi connectivity index (χ1n) is 11.0. The van der Waals surface area contributed by atoms with Crippen molar-refractivity contribution in [3.63, 3.8) is 0 Å². The second-order valence-electron chi connectivity index (χ2n) is 8.36. The van der Waals surface area contributed by atoms with E-state index in [1.807, 2.05) is 50.2 Å². The third-order valence-corrected chi connectivity index (χ3v) is 5.71. The quantitative estimate of drug-likeness (QED) is 0.371. The van der Waals surface area contributed by atoms with Gasteiger partial charge in [-0.15, -0.1) is 0 Å². The number of aryl methyl sites for hydroxylation is 1. The van der Waals surface area contributed by atoms with Crippen molar-refractivity contribution in [1.82, 2.24) is 19.7 Å². The van der Waals surface area contributed by atoms with Crippen LogP contribution in [0.3, 0.4) is 0 Å². The molecule has 2 aromatic heterocycles. The van der Waals surface area contributed by atoms with Gasteiger partial charge in [0.25, 0.3) is 0 Å². The van der Waals surface area contributed by atoms with Gasteiger partial charge in [-0.05, 0) is 68.5 Å². The van der Waals surface area contributed by atoms with E-state index < -0.39 is 0 Å². The first-order valence-corrected chi connectivity index (χ1v) is 11.4. The topological polar surface area (TPSA) is 63.9 Å². The molecular weight excluding hydrogens is 449 g/mol. The molecule has 4 rings (SSSR count). The van der Waals surface area contributed by atoms with E-state index in [9.17, 15) is 9.18 Å². The first kappa shape index (κ1) is 23.4. The number of nitrogens with one attached hydrogen (secondary N) is 2. The molecule has 6 nitrogen and oxygen atoms in total. The number of thiocarbonyl (C=S) groups is 1. The van der Waals surface area contributed by atoms with Crippen LogP contribution in [0.2, 0.25) is 0 Å². The Labute approximate surface area is 203 Å². The maximum absolute atomic E-state index is 13.4. The molecule has 4 aromatic rings. The monoisotopic (exact) mass is 475 g/mol. The smallest absolute Gasteiger partial charge is 0.228 e. The SMILES string of the molecule is Cc1cc(-c2cc(NC(=S)NC(=O)C(C)C)n(-c3ccccc3)n2)c(C)n1-c1ccc(F)cc1. The van der Waals surface area contributed by atoms with Crippen molar-refractivity contribution in [2.75, 3.05) is 5.32 Å². The van der Waals surface area contributed by atoms with E-state index in [1.54, 1.807) is 30.7 Å². The van der Waals surface area contributed by atoms with Crippen molar-refractivity contribution in [2.24, 2.45) is 5.92 Å². The van der Waals surface area contributed by atoms with Gasteiger partial charge in [-0.25, -0.2) is 9.07 Å². The molecule has 1 amide bonds. The molecule has 8 heteroatoms. The minimum atomic E-state index is -0.274. The summed E-state index contributed by atoms with van der Waals surface area (Å²) in [7, 11) is 0. The number of halogens is 1. The lowest BCUT2D eigenvalue weighted by atomic mass is 10.2. The Hall–Kier alpha value is -3.78. The Morgan fingerprint density at radius 1 is 1.00 bits per heavy atom. The standard InChI is InChI=1S/C26H26FN5OS/c1-16(2)25(33)29-26(34)28-24-15-23(30-32(24)21-8-6-5-7-9-21)22-14-17(3)31(18(22)4)20-12-10-19(27)11-13-20/h5-16H,1-4H3,(H2,28,29,33,34). The van der Waals surface area contributed by atoms with Crippen LogP contribution in [-0.4, -0.2) is 25.4 Å². The predicted octanol–water partition coefficient (Wildman–Crippen LogP) is 5.55. The first-order chi connectivity index (χ1) is 16.2. The van der Waals surface area contributed by atoms with Crippen molar-refractivity contribution < 1.29 is 9.18 Å². The number of aromatic nitrogens is 3. The van der Waals surface area contributed by atoms with Gasteiger partial charge >= 0.3 is 0 Å². The zero-order chi connectivity index (χ0) is 24.4. The second kappa shape index (κ2) is 9.61. The van der Waals surface area contributed by atoms with Crippen molar-refractivity contribution >= 4 is 29.1 Å². The van der Waals surface area contributed by atoms with Gasteiger partial charge in [0.1, 0.15) is 11.6 Å². The number of carbonyl (C=O) groups excluding carboxylic acids is 1. The van der Waals surface area contributed by atoms with Gasteiger partial charge in [0, 0.05) is 34.6 Å². The minimum absolute atomic E-state index is 0.161. The number of hydrogen-bond donors (Lipinski definition) is 2. The molecule has 0 aliphatic carbocycles. The van der Waals surface area contributed by atoms with E-state index >= 15 is 0 Å². The maximum Gasteiger partial charge on any atom is 0.228 e. The third-order valence-electron chi connectivity index (χ3n) is 5.50. The molecule has 0 saturated carbocycles. The zero-order valence-corrected chi connectivity index (χ0v) is 20.3. The summed E-state index contributed by atoms with van der Waals surface area (Å²) in [6, 6.07) is 20.0. The van der Waals surface area contributed by atoms with Crippen LogP contribution in [0.1, 0.15) is 25.2 Å². The number of nitrogens with zero attached hydrogens (tertiary/aromatic N) is 3. The van der Waals surface area contributed by atoms with Crippen LogP contribution in [-0.2, 0) is 4.79 Å². The number of anilines is 1. The lowest BCUT2D eigenvalue weighted by molar-refractivity contribution is -0.122. The minimum Gasteiger partial charge on any atom is -0.318 e. The normalized spacial score (nSPS) is 11.0. The molecule has 0 unspecified atom stereocenters. The van der Waals surface area contributed by atoms with Gasteiger partial charge in [-0.3, -0.25) is 4.79 Å². The fourth-order valence-corrected chi connectivity index (χ4v) is 3.99. The van der Waals surface area contributed by atoms with Gasteiger partial charge in [0.2, 0.25) is 5.91 Å². The van der Waals surface area contributed by atoms with Crippen LogP contribution in [0.25, 0.3) is 22.6 Å². The molecule has 0 atom stereocenters. The lowest BCUT2D eigenvalue weighted by Crippen LogP contribution is -2.37. The highest BCUT2D eigenvalue weighted by atomic mass is 32.1. The number of para-hydroxylation sites is 1. The molecular formula is C26H26FN5OS. The molecule has 2 heterocycles. The Morgan fingerprint density at radius 2 is 1.68 bits per heavy atom. The zero-order valence-electron chi connectivity index (χ0n) is 19.5. The number of rotatable bonds is 5. The van der Waals surface area contributed by atoms with Crippen molar-refractivity contribution in [1.29, 1.82) is 0 Å². The van der Waals surface area contributed by atoms with Crippen molar-refractivity contribution in [3.05, 3.63) is 83.9 Å². The molecule has 0 bridgehead atoms. The Bertz CT molecular complexity index is 1340. The van der Waals surface area contributed by atoms with Crippen molar-refractivity contribution in [2.45, 2.75) is 27.7 Å². The van der Waals surface area contributed by atoms with Gasteiger partial charge < -0.3 is 15.2 Å². The van der Waals surface area contributed by atoms with E-state index in [0.29, 0.717) is 5.82 Å². The van der Waals surface area contributed by atoms with Gasteiger partial charge in [0.15, 0.2) is 5.11 Å². The highest BCUT2D eigenvalue weighted by molar-refractivity contribution is 7.80. The molecule has 0 saturated heterocycles. The van der Waals surface area contributed by atoms with E-state index in [1.165, 1.54) is 12.1 Å². The summed E-state index contributed by atoms with van der Waals surface area (Å²) in [4.78, 5) is 12.1. The summed E-state index contributed by atoms with van der Waals surface area (Å²) in [5, 5.41) is 10.9. The van der Waals surface area contributed by atoms with Gasteiger partial charge in [-0.1, -0.05) is 32.0 Å². The van der Waals surface area contributed by atoms with Crippen LogP contribution in [0, 0.1) is 25.6 Å². The number of carbonyl (C=O) groups is 1. The van der Waals surface area contributed by atoms with Gasteiger partial charge in [0.05, 0.1) is 11.4 Å². The van der Waals surface area contributed by atoms with Crippen LogP contribution in [0.15, 0.2) is 66.7 Å². The maximum atomic E-state index is 13.4. The number of hydrogen-bond acceptors (Lipinski definition) is 3. The average molecular weight is 476 g/mol. The van der Waals surface area contributed by atoms with Crippen LogP contribution in [0.4, 0.5) is 10.2 Å². The summed E-state index contributed by atoms with van der Waals surface area (Å²) in [6.07, 6.45) is 0. The summed E-state index contributed by atoms with van der Waals surface area (Å²) in [6.45, 7) is 7.62. The Balaban J connectivity index is 1.75. The summed E-state index contributed by atoms with van der Waals surface area (Å²) in [5.41, 5.74) is 5.39. The van der Waals surface area contributed by atoms with E-state index in [2.05, 4.69) is 21.3 Å². The molecule has 0 aliphatic heterocycles. The second-order valence-corrected chi connectivity index (χ2v) is 8.77. The highest BCUT2D eigenvalue weighted by Gasteiger charge is 2.19. The molecule has 2 N–H and O–H groups in total. The summed E-state index contributed by atoms with van der Waals surface area (Å²) >= 11 is 5.37. The molecule has 0 fully saturated rings. The molecule has 174 valence electrons. The highest BCUT2D eigenvalue weighted by Crippen LogP contribution is 2.31. The number of amides is 1. The summed E-state index contributed by atoms with van der Waals surface area (Å²) in [5.74, 6) is 0.00339.